The summed E-state index contributed by atoms with van der Waals surface area (Å²) in [5.41, 5.74) is 9.21. The number of nitrogens with zero attached hydrogens (tertiary/aromatic N) is 2. The molecule has 0 aliphatic heterocycles. The lowest BCUT2D eigenvalue weighted by atomic mass is 10.0. The van der Waals surface area contributed by atoms with Crippen molar-refractivity contribution in [3.63, 3.8) is 0 Å². The van der Waals surface area contributed by atoms with Gasteiger partial charge in [0.1, 0.15) is 12.4 Å². The van der Waals surface area contributed by atoms with E-state index in [1.54, 1.807) is 0 Å². The van der Waals surface area contributed by atoms with Gasteiger partial charge in [-0.25, -0.2) is 0 Å². The summed E-state index contributed by atoms with van der Waals surface area (Å²) in [7, 11) is 1.93. The number of rotatable bonds is 6. The average Bonchev–Trinajstić information content (AvgIpc) is 2.71. The van der Waals surface area contributed by atoms with Gasteiger partial charge in [0.2, 0.25) is 0 Å². The summed E-state index contributed by atoms with van der Waals surface area (Å²) in [6, 6.07) is 8.25. The number of aryl methyl sites for hydroxylation is 2. The van der Waals surface area contributed by atoms with Crippen molar-refractivity contribution in [2.75, 3.05) is 0 Å². The lowest BCUT2D eigenvalue weighted by molar-refractivity contribution is 0.290. The Hall–Kier alpha value is -1.33. The van der Waals surface area contributed by atoms with Crippen LogP contribution < -0.4 is 10.5 Å². The highest BCUT2D eigenvalue weighted by Gasteiger charge is 2.13. The molecule has 0 spiro atoms. The van der Waals surface area contributed by atoms with E-state index >= 15 is 0 Å². The summed E-state index contributed by atoms with van der Waals surface area (Å²) in [5.74, 6) is 0.896. The van der Waals surface area contributed by atoms with Crippen molar-refractivity contribution in [3.8, 4) is 5.75 Å². The van der Waals surface area contributed by atoms with Crippen LogP contribution in [0.25, 0.3) is 0 Å². The third kappa shape index (κ3) is 3.86. The minimum absolute atomic E-state index is 0.167. The third-order valence-electron chi connectivity index (χ3n) is 3.61. The van der Waals surface area contributed by atoms with E-state index in [9.17, 15) is 0 Å². The molecule has 0 amide bonds. The van der Waals surface area contributed by atoms with E-state index in [0.717, 1.165) is 40.0 Å². The topological polar surface area (TPSA) is 53.1 Å². The zero-order valence-electron chi connectivity index (χ0n) is 12.8. The summed E-state index contributed by atoms with van der Waals surface area (Å²) < 4.78 is 8.85. The summed E-state index contributed by atoms with van der Waals surface area (Å²) in [5, 5.41) is 4.38. The fourth-order valence-electron chi connectivity index (χ4n) is 2.22. The van der Waals surface area contributed by atoms with Gasteiger partial charge in [0.25, 0.3) is 0 Å². The molecule has 2 rings (SSSR count). The van der Waals surface area contributed by atoms with Gasteiger partial charge in [-0.3, -0.25) is 4.68 Å². The molecule has 0 bridgehead atoms. The maximum absolute atomic E-state index is 6.06. The second kappa shape index (κ2) is 7.09. The smallest absolute Gasteiger partial charge is 0.131 e. The Morgan fingerprint density at radius 2 is 2.10 bits per heavy atom. The van der Waals surface area contributed by atoms with Crippen LogP contribution in [0.2, 0.25) is 0 Å². The average molecular weight is 352 g/mol. The van der Waals surface area contributed by atoms with Gasteiger partial charge in [0, 0.05) is 13.1 Å². The largest absolute Gasteiger partial charge is 0.487 e. The predicted molar refractivity (Wildman–Crippen MR) is 88.4 cm³/mol. The summed E-state index contributed by atoms with van der Waals surface area (Å²) >= 11 is 3.56. The lowest BCUT2D eigenvalue weighted by Crippen LogP contribution is -2.21. The van der Waals surface area contributed by atoms with Crippen molar-refractivity contribution in [3.05, 3.63) is 45.7 Å². The molecule has 0 radical (unpaired) electrons. The first kappa shape index (κ1) is 16.0. The van der Waals surface area contributed by atoms with Crippen LogP contribution in [0.5, 0.6) is 5.75 Å². The standard InChI is InChI=1S/C16H22BrN3O/c1-4-13(18)9-12-7-5-6-8-15(12)21-10-14-16(17)11(2)19-20(14)3/h5-8,13H,4,9-10,18H2,1-3H3. The monoisotopic (exact) mass is 351 g/mol. The van der Waals surface area contributed by atoms with E-state index in [1.807, 2.05) is 36.9 Å². The molecule has 1 atom stereocenters. The predicted octanol–water partition coefficient (Wildman–Crippen LogP) is 3.35. The Morgan fingerprint density at radius 1 is 1.38 bits per heavy atom. The van der Waals surface area contributed by atoms with Crippen LogP contribution in [0.1, 0.15) is 30.3 Å². The first-order valence-corrected chi connectivity index (χ1v) is 7.96. The van der Waals surface area contributed by atoms with E-state index < -0.39 is 0 Å². The number of halogens is 1. The van der Waals surface area contributed by atoms with Crippen LogP contribution >= 0.6 is 15.9 Å². The van der Waals surface area contributed by atoms with Crippen LogP contribution in [0.15, 0.2) is 28.7 Å². The first-order valence-electron chi connectivity index (χ1n) is 7.17. The van der Waals surface area contributed by atoms with E-state index in [4.69, 9.17) is 10.5 Å². The van der Waals surface area contributed by atoms with Crippen LogP contribution in [-0.2, 0) is 20.1 Å². The number of hydrogen-bond donors (Lipinski definition) is 1. The van der Waals surface area contributed by atoms with Crippen molar-refractivity contribution in [2.24, 2.45) is 12.8 Å². The molecule has 1 heterocycles. The Labute approximate surface area is 134 Å². The minimum Gasteiger partial charge on any atom is -0.487 e. The quantitative estimate of drug-likeness (QED) is 0.868. The van der Waals surface area contributed by atoms with Gasteiger partial charge in [-0.05, 0) is 47.3 Å². The molecule has 1 aromatic heterocycles. The number of para-hydroxylation sites is 1. The van der Waals surface area contributed by atoms with Gasteiger partial charge in [-0.1, -0.05) is 25.1 Å². The second-order valence-corrected chi connectivity index (χ2v) is 6.03. The van der Waals surface area contributed by atoms with Crippen molar-refractivity contribution in [1.82, 2.24) is 9.78 Å². The van der Waals surface area contributed by atoms with Crippen LogP contribution in [0.3, 0.4) is 0 Å². The summed E-state index contributed by atoms with van der Waals surface area (Å²) in [6.07, 6.45) is 1.79. The molecule has 5 heteroatoms. The molecule has 0 aliphatic carbocycles. The van der Waals surface area contributed by atoms with Crippen molar-refractivity contribution in [2.45, 2.75) is 39.3 Å². The second-order valence-electron chi connectivity index (χ2n) is 5.24. The van der Waals surface area contributed by atoms with E-state index in [0.29, 0.717) is 6.61 Å². The molecule has 114 valence electrons. The van der Waals surface area contributed by atoms with Crippen molar-refractivity contribution < 1.29 is 4.74 Å². The zero-order valence-corrected chi connectivity index (χ0v) is 14.4. The molecular formula is C16H22BrN3O. The Kier molecular flexibility index (Phi) is 5.42. The Bertz CT molecular complexity index is 610. The van der Waals surface area contributed by atoms with E-state index in [2.05, 4.69) is 34.0 Å². The number of benzene rings is 1. The molecule has 4 nitrogen and oxygen atoms in total. The minimum atomic E-state index is 0.167. The van der Waals surface area contributed by atoms with Gasteiger partial charge in [0.15, 0.2) is 0 Å². The fraction of sp³-hybridized carbons (Fsp3) is 0.438. The fourth-order valence-corrected chi connectivity index (χ4v) is 2.67. The molecule has 21 heavy (non-hydrogen) atoms. The molecular weight excluding hydrogens is 330 g/mol. The Morgan fingerprint density at radius 3 is 2.71 bits per heavy atom. The molecule has 0 aliphatic rings. The highest BCUT2D eigenvalue weighted by Crippen LogP contribution is 2.24. The van der Waals surface area contributed by atoms with Crippen molar-refractivity contribution >= 4 is 15.9 Å². The molecule has 1 aromatic carbocycles. The number of aromatic nitrogens is 2. The summed E-state index contributed by atoms with van der Waals surface area (Å²) in [6.45, 7) is 4.56. The molecule has 0 fully saturated rings. The molecule has 0 saturated heterocycles. The van der Waals surface area contributed by atoms with Crippen molar-refractivity contribution in [1.29, 1.82) is 0 Å². The van der Waals surface area contributed by atoms with Crippen LogP contribution in [0.4, 0.5) is 0 Å². The third-order valence-corrected chi connectivity index (χ3v) is 4.64. The van der Waals surface area contributed by atoms with Gasteiger partial charge in [-0.2, -0.15) is 5.10 Å². The molecule has 0 saturated carbocycles. The lowest BCUT2D eigenvalue weighted by Gasteiger charge is -2.14. The summed E-state index contributed by atoms with van der Waals surface area (Å²) in [4.78, 5) is 0. The maximum atomic E-state index is 6.06. The highest BCUT2D eigenvalue weighted by molar-refractivity contribution is 9.10. The van der Waals surface area contributed by atoms with Gasteiger partial charge in [0.05, 0.1) is 15.9 Å². The molecule has 2 aromatic rings. The molecule has 1 unspecified atom stereocenters. The maximum Gasteiger partial charge on any atom is 0.131 e. The SMILES string of the molecule is CCC(N)Cc1ccccc1OCc1c(Br)c(C)nn1C. The number of ether oxygens (including phenoxy) is 1. The Balaban J connectivity index is 2.13. The zero-order chi connectivity index (χ0) is 15.4. The van der Waals surface area contributed by atoms with E-state index in [1.165, 1.54) is 0 Å². The number of hydrogen-bond acceptors (Lipinski definition) is 3. The van der Waals surface area contributed by atoms with Gasteiger partial charge < -0.3 is 10.5 Å². The number of nitrogens with two attached hydrogens (primary N) is 1. The van der Waals surface area contributed by atoms with Crippen LogP contribution in [0, 0.1) is 6.92 Å². The highest BCUT2D eigenvalue weighted by atomic mass is 79.9. The van der Waals surface area contributed by atoms with Crippen LogP contribution in [-0.4, -0.2) is 15.8 Å². The van der Waals surface area contributed by atoms with E-state index in [-0.39, 0.29) is 6.04 Å². The van der Waals surface area contributed by atoms with Gasteiger partial charge >= 0.3 is 0 Å². The van der Waals surface area contributed by atoms with Gasteiger partial charge in [-0.15, -0.1) is 0 Å². The molecule has 2 N–H and O–H groups in total. The normalized spacial score (nSPS) is 12.4. The first-order chi connectivity index (χ1) is 10.0.